The molecule has 1 aromatic carbocycles. The molecule has 1 aromatic rings. The lowest BCUT2D eigenvalue weighted by atomic mass is 10.0. The van der Waals surface area contributed by atoms with Crippen LogP contribution in [0.4, 0.5) is 0 Å². The van der Waals surface area contributed by atoms with Crippen LogP contribution in [0.15, 0.2) is 29.3 Å². The summed E-state index contributed by atoms with van der Waals surface area (Å²) in [6.45, 7) is 8.26. The minimum Gasteiger partial charge on any atom is -0.508 e. The standard InChI is InChI=1S/C17H27N3O.HI/c1-3-18-17(20-11-5-6-14(2)13-20)19-10-9-15-7-4-8-16(21)12-15;/h4,7-8,12,14,21H,3,5-6,9-11,13H2,1-2H3,(H,18,19);1H. The van der Waals surface area contributed by atoms with E-state index in [0.717, 1.165) is 50.0 Å². The molecule has 0 bridgehead atoms. The van der Waals surface area contributed by atoms with Crippen LogP contribution >= 0.6 is 24.0 Å². The van der Waals surface area contributed by atoms with Gasteiger partial charge < -0.3 is 15.3 Å². The van der Waals surface area contributed by atoms with E-state index in [-0.39, 0.29) is 24.0 Å². The molecule has 22 heavy (non-hydrogen) atoms. The number of guanidine groups is 1. The van der Waals surface area contributed by atoms with Gasteiger partial charge in [0.15, 0.2) is 5.96 Å². The number of halogens is 1. The highest BCUT2D eigenvalue weighted by atomic mass is 127. The summed E-state index contributed by atoms with van der Waals surface area (Å²) in [7, 11) is 0. The Bertz CT molecular complexity index is 479. The summed E-state index contributed by atoms with van der Waals surface area (Å²) in [4.78, 5) is 7.12. The van der Waals surface area contributed by atoms with Gasteiger partial charge in [-0.15, -0.1) is 24.0 Å². The van der Waals surface area contributed by atoms with Gasteiger partial charge in [0.25, 0.3) is 0 Å². The van der Waals surface area contributed by atoms with Crippen molar-refractivity contribution in [2.45, 2.75) is 33.1 Å². The topological polar surface area (TPSA) is 47.9 Å². The summed E-state index contributed by atoms with van der Waals surface area (Å²) in [5.74, 6) is 2.10. The van der Waals surface area contributed by atoms with Gasteiger partial charge in [-0.2, -0.15) is 0 Å². The molecule has 0 saturated carbocycles. The van der Waals surface area contributed by atoms with Crippen molar-refractivity contribution in [3.63, 3.8) is 0 Å². The SMILES string of the molecule is CCNC(=NCCc1cccc(O)c1)N1CCCC(C)C1.I. The molecule has 2 rings (SSSR count). The van der Waals surface area contributed by atoms with E-state index in [2.05, 4.69) is 24.1 Å². The van der Waals surface area contributed by atoms with Gasteiger partial charge in [-0.3, -0.25) is 4.99 Å². The Hall–Kier alpha value is -0.980. The second-order valence-corrected chi connectivity index (χ2v) is 5.85. The van der Waals surface area contributed by atoms with E-state index in [1.807, 2.05) is 18.2 Å². The maximum Gasteiger partial charge on any atom is 0.193 e. The fourth-order valence-corrected chi connectivity index (χ4v) is 2.81. The lowest BCUT2D eigenvalue weighted by Gasteiger charge is -2.33. The third-order valence-electron chi connectivity index (χ3n) is 3.86. The Balaban J connectivity index is 0.00000242. The number of phenolic OH excluding ortho intramolecular Hbond substituents is 1. The Morgan fingerprint density at radius 1 is 1.45 bits per heavy atom. The van der Waals surface area contributed by atoms with Crippen LogP contribution in [0.3, 0.4) is 0 Å². The summed E-state index contributed by atoms with van der Waals surface area (Å²) in [5, 5.41) is 12.9. The summed E-state index contributed by atoms with van der Waals surface area (Å²) in [6.07, 6.45) is 3.42. The summed E-state index contributed by atoms with van der Waals surface area (Å²) >= 11 is 0. The van der Waals surface area contributed by atoms with E-state index in [4.69, 9.17) is 4.99 Å². The van der Waals surface area contributed by atoms with Gasteiger partial charge in [-0.05, 0) is 49.8 Å². The summed E-state index contributed by atoms with van der Waals surface area (Å²) in [5.41, 5.74) is 1.13. The molecule has 0 amide bonds. The third kappa shape index (κ3) is 6.02. The van der Waals surface area contributed by atoms with Crippen molar-refractivity contribution in [1.82, 2.24) is 10.2 Å². The van der Waals surface area contributed by atoms with E-state index in [1.54, 1.807) is 6.07 Å². The van der Waals surface area contributed by atoms with Crippen LogP contribution in [0.5, 0.6) is 5.75 Å². The molecule has 1 heterocycles. The number of hydrogen-bond donors (Lipinski definition) is 2. The van der Waals surface area contributed by atoms with E-state index in [9.17, 15) is 5.11 Å². The highest BCUT2D eigenvalue weighted by molar-refractivity contribution is 14.0. The van der Waals surface area contributed by atoms with Crippen LogP contribution in [-0.2, 0) is 6.42 Å². The molecule has 2 N–H and O–H groups in total. The summed E-state index contributed by atoms with van der Waals surface area (Å²) in [6, 6.07) is 7.42. The molecule has 4 nitrogen and oxygen atoms in total. The number of rotatable bonds is 4. The number of aromatic hydroxyl groups is 1. The maximum atomic E-state index is 9.48. The van der Waals surface area contributed by atoms with Gasteiger partial charge in [-0.1, -0.05) is 19.1 Å². The molecule has 0 aromatic heterocycles. The first-order chi connectivity index (χ1) is 10.2. The highest BCUT2D eigenvalue weighted by Gasteiger charge is 2.18. The van der Waals surface area contributed by atoms with Crippen LogP contribution in [0.1, 0.15) is 32.3 Å². The monoisotopic (exact) mass is 417 g/mol. The van der Waals surface area contributed by atoms with Crippen LogP contribution in [-0.4, -0.2) is 42.1 Å². The van der Waals surface area contributed by atoms with E-state index < -0.39 is 0 Å². The number of nitrogens with one attached hydrogen (secondary N) is 1. The largest absolute Gasteiger partial charge is 0.508 e. The summed E-state index contributed by atoms with van der Waals surface area (Å²) < 4.78 is 0. The molecule has 1 fully saturated rings. The minimum absolute atomic E-state index is 0. The number of phenols is 1. The second kappa shape index (κ2) is 9.92. The van der Waals surface area contributed by atoms with E-state index in [0.29, 0.717) is 5.75 Å². The molecule has 0 radical (unpaired) electrons. The van der Waals surface area contributed by atoms with Crippen molar-refractivity contribution in [2.24, 2.45) is 10.9 Å². The molecule has 1 atom stereocenters. The average molecular weight is 417 g/mol. The number of nitrogens with zero attached hydrogens (tertiary/aromatic N) is 2. The van der Waals surface area contributed by atoms with Crippen LogP contribution in [0.2, 0.25) is 0 Å². The molecule has 0 spiro atoms. The van der Waals surface area contributed by atoms with Gasteiger partial charge in [0.2, 0.25) is 0 Å². The van der Waals surface area contributed by atoms with Gasteiger partial charge in [-0.25, -0.2) is 0 Å². The maximum absolute atomic E-state index is 9.48. The smallest absolute Gasteiger partial charge is 0.193 e. The first-order valence-electron chi connectivity index (χ1n) is 8.00. The Kier molecular flexibility index (Phi) is 8.60. The Morgan fingerprint density at radius 2 is 2.27 bits per heavy atom. The molecule has 1 saturated heterocycles. The molecule has 1 unspecified atom stereocenters. The van der Waals surface area contributed by atoms with Gasteiger partial charge in [0, 0.05) is 26.2 Å². The Morgan fingerprint density at radius 3 is 2.95 bits per heavy atom. The van der Waals surface area contributed by atoms with Crippen molar-refractivity contribution in [3.8, 4) is 5.75 Å². The lowest BCUT2D eigenvalue weighted by molar-refractivity contribution is 0.266. The minimum atomic E-state index is 0. The Labute approximate surface area is 151 Å². The van der Waals surface area contributed by atoms with Gasteiger partial charge >= 0.3 is 0 Å². The number of aliphatic imine (C=N–C) groups is 1. The molecule has 0 aliphatic carbocycles. The second-order valence-electron chi connectivity index (χ2n) is 5.85. The number of hydrogen-bond acceptors (Lipinski definition) is 2. The quantitative estimate of drug-likeness (QED) is 0.449. The number of benzene rings is 1. The van der Waals surface area contributed by atoms with Crippen LogP contribution in [0, 0.1) is 5.92 Å². The van der Waals surface area contributed by atoms with E-state index in [1.165, 1.54) is 12.8 Å². The van der Waals surface area contributed by atoms with Crippen LogP contribution in [0.25, 0.3) is 0 Å². The van der Waals surface area contributed by atoms with Crippen molar-refractivity contribution in [2.75, 3.05) is 26.2 Å². The average Bonchev–Trinajstić information content (AvgIpc) is 2.46. The first-order valence-corrected chi connectivity index (χ1v) is 8.00. The molecule has 124 valence electrons. The number of likely N-dealkylation sites (tertiary alicyclic amines) is 1. The zero-order valence-corrected chi connectivity index (χ0v) is 15.9. The molecule has 5 heteroatoms. The van der Waals surface area contributed by atoms with Crippen molar-refractivity contribution < 1.29 is 5.11 Å². The predicted octanol–water partition coefficient (Wildman–Crippen LogP) is 3.25. The molecular formula is C17H28IN3O. The fraction of sp³-hybridized carbons (Fsp3) is 0.588. The fourth-order valence-electron chi connectivity index (χ4n) is 2.81. The highest BCUT2D eigenvalue weighted by Crippen LogP contribution is 2.15. The first kappa shape index (κ1) is 19.1. The van der Waals surface area contributed by atoms with Crippen molar-refractivity contribution in [3.05, 3.63) is 29.8 Å². The number of piperidine rings is 1. The molecular weight excluding hydrogens is 389 g/mol. The van der Waals surface area contributed by atoms with Crippen molar-refractivity contribution in [1.29, 1.82) is 0 Å². The van der Waals surface area contributed by atoms with E-state index >= 15 is 0 Å². The zero-order valence-electron chi connectivity index (χ0n) is 13.6. The normalized spacial score (nSPS) is 18.7. The van der Waals surface area contributed by atoms with Gasteiger partial charge in [0.05, 0.1) is 0 Å². The van der Waals surface area contributed by atoms with Gasteiger partial charge in [0.1, 0.15) is 5.75 Å². The molecule has 1 aliphatic heterocycles. The van der Waals surface area contributed by atoms with Crippen molar-refractivity contribution >= 4 is 29.9 Å². The van der Waals surface area contributed by atoms with Crippen LogP contribution < -0.4 is 5.32 Å². The predicted molar refractivity (Wildman–Crippen MR) is 103 cm³/mol. The zero-order chi connectivity index (χ0) is 15.1. The molecule has 1 aliphatic rings. The lowest BCUT2D eigenvalue weighted by Crippen LogP contribution is -2.46. The third-order valence-corrected chi connectivity index (χ3v) is 3.86.